The number of rotatable bonds is 5. The zero-order valence-electron chi connectivity index (χ0n) is 14.8. The lowest BCUT2D eigenvalue weighted by Gasteiger charge is -2.22. The minimum Gasteiger partial charge on any atom is -0.347 e. The molecule has 0 fully saturated rings. The van der Waals surface area contributed by atoms with E-state index in [4.69, 9.17) is 0 Å². The van der Waals surface area contributed by atoms with Crippen LogP contribution in [0.15, 0.2) is 55.1 Å². The van der Waals surface area contributed by atoms with E-state index in [1.807, 2.05) is 24.3 Å². The normalized spacial score (nSPS) is 10.8. The molecule has 2 N–H and O–H groups in total. The Morgan fingerprint density at radius 1 is 1.04 bits per heavy atom. The molecule has 1 heterocycles. The van der Waals surface area contributed by atoms with Crippen LogP contribution in [0, 0.1) is 0 Å². The van der Waals surface area contributed by atoms with E-state index in [1.54, 1.807) is 24.3 Å². The minimum absolute atomic E-state index is 0.107. The summed E-state index contributed by atoms with van der Waals surface area (Å²) in [6, 6.07) is 12.5. The number of para-hydroxylation sites is 1. The standard InChI is InChI=1S/C20H23N3O2/c1-5-13-21-18(24)16-11-8-12-17(22-16)19(25)23-15-10-7-6-9-14(15)20(2,3)4/h5-12H,1,13H2,2-4H3,(H,21,24)(H,23,25). The zero-order chi connectivity index (χ0) is 18.4. The van der Waals surface area contributed by atoms with Gasteiger partial charge in [0.05, 0.1) is 0 Å². The largest absolute Gasteiger partial charge is 0.347 e. The van der Waals surface area contributed by atoms with Crippen molar-refractivity contribution in [2.45, 2.75) is 26.2 Å². The zero-order valence-corrected chi connectivity index (χ0v) is 14.8. The maximum absolute atomic E-state index is 12.6. The molecule has 0 aliphatic carbocycles. The topological polar surface area (TPSA) is 71.1 Å². The SMILES string of the molecule is C=CCNC(=O)c1cccc(C(=O)Nc2ccccc2C(C)(C)C)n1. The maximum Gasteiger partial charge on any atom is 0.274 e. The van der Waals surface area contributed by atoms with E-state index < -0.39 is 0 Å². The van der Waals surface area contributed by atoms with Gasteiger partial charge in [-0.2, -0.15) is 0 Å². The number of anilines is 1. The molecule has 0 saturated heterocycles. The lowest BCUT2D eigenvalue weighted by atomic mass is 9.86. The van der Waals surface area contributed by atoms with Crippen molar-refractivity contribution >= 4 is 17.5 Å². The summed E-state index contributed by atoms with van der Waals surface area (Å²) in [6.45, 7) is 10.1. The summed E-state index contributed by atoms with van der Waals surface area (Å²) in [5.74, 6) is -0.695. The smallest absolute Gasteiger partial charge is 0.274 e. The third-order valence-electron chi connectivity index (χ3n) is 3.60. The summed E-state index contributed by atoms with van der Waals surface area (Å²) in [7, 11) is 0. The van der Waals surface area contributed by atoms with Crippen molar-refractivity contribution in [1.29, 1.82) is 0 Å². The summed E-state index contributed by atoms with van der Waals surface area (Å²) in [5, 5.41) is 5.54. The molecule has 2 amide bonds. The van der Waals surface area contributed by atoms with E-state index in [0.717, 1.165) is 11.3 Å². The molecule has 0 radical (unpaired) electrons. The first-order valence-electron chi connectivity index (χ1n) is 8.10. The number of amides is 2. The Morgan fingerprint density at radius 3 is 2.32 bits per heavy atom. The molecular formula is C20H23N3O2. The lowest BCUT2D eigenvalue weighted by molar-refractivity contribution is 0.0953. The number of carbonyl (C=O) groups is 2. The predicted octanol–water partition coefficient (Wildman–Crippen LogP) is 3.55. The molecule has 0 spiro atoms. The Morgan fingerprint density at radius 2 is 1.68 bits per heavy atom. The van der Waals surface area contributed by atoms with Crippen molar-refractivity contribution in [1.82, 2.24) is 10.3 Å². The quantitative estimate of drug-likeness (QED) is 0.820. The Balaban J connectivity index is 2.23. The highest BCUT2D eigenvalue weighted by Gasteiger charge is 2.19. The van der Waals surface area contributed by atoms with Crippen LogP contribution in [0.4, 0.5) is 5.69 Å². The van der Waals surface area contributed by atoms with Crippen molar-refractivity contribution in [3.8, 4) is 0 Å². The number of carbonyl (C=O) groups excluding carboxylic acids is 2. The van der Waals surface area contributed by atoms with Crippen LogP contribution < -0.4 is 10.6 Å². The Hall–Kier alpha value is -2.95. The molecule has 5 heteroatoms. The molecule has 0 bridgehead atoms. The van der Waals surface area contributed by atoms with Gasteiger partial charge in [0.25, 0.3) is 11.8 Å². The van der Waals surface area contributed by atoms with Gasteiger partial charge in [0.1, 0.15) is 11.4 Å². The van der Waals surface area contributed by atoms with Crippen LogP contribution >= 0.6 is 0 Å². The van der Waals surface area contributed by atoms with E-state index in [2.05, 4.69) is 43.0 Å². The van der Waals surface area contributed by atoms with Gasteiger partial charge in [0.2, 0.25) is 0 Å². The molecule has 0 saturated carbocycles. The summed E-state index contributed by atoms with van der Waals surface area (Å²) < 4.78 is 0. The number of nitrogens with zero attached hydrogens (tertiary/aromatic N) is 1. The van der Waals surface area contributed by atoms with Crippen LogP contribution in [0.2, 0.25) is 0 Å². The first-order valence-corrected chi connectivity index (χ1v) is 8.10. The van der Waals surface area contributed by atoms with Crippen LogP contribution in [-0.4, -0.2) is 23.3 Å². The van der Waals surface area contributed by atoms with E-state index in [-0.39, 0.29) is 28.6 Å². The molecule has 1 aromatic carbocycles. The van der Waals surface area contributed by atoms with Gasteiger partial charge >= 0.3 is 0 Å². The summed E-state index contributed by atoms with van der Waals surface area (Å²) in [6.07, 6.45) is 1.58. The van der Waals surface area contributed by atoms with Crippen molar-refractivity contribution in [2.75, 3.05) is 11.9 Å². The van der Waals surface area contributed by atoms with Gasteiger partial charge in [-0.05, 0) is 29.2 Å². The van der Waals surface area contributed by atoms with E-state index in [1.165, 1.54) is 0 Å². The first kappa shape index (κ1) is 18.4. The average Bonchev–Trinajstić information content (AvgIpc) is 2.59. The number of benzene rings is 1. The van der Waals surface area contributed by atoms with Gasteiger partial charge in [-0.3, -0.25) is 9.59 Å². The molecular weight excluding hydrogens is 314 g/mol. The van der Waals surface area contributed by atoms with Crippen LogP contribution in [0.3, 0.4) is 0 Å². The summed E-state index contributed by atoms with van der Waals surface area (Å²) in [4.78, 5) is 28.7. The van der Waals surface area contributed by atoms with Crippen LogP contribution in [0.1, 0.15) is 47.3 Å². The van der Waals surface area contributed by atoms with Crippen molar-refractivity contribution < 1.29 is 9.59 Å². The monoisotopic (exact) mass is 337 g/mol. The molecule has 0 aliphatic rings. The lowest BCUT2D eigenvalue weighted by Crippen LogP contribution is -2.25. The highest BCUT2D eigenvalue weighted by Crippen LogP contribution is 2.29. The molecule has 1 aromatic heterocycles. The Labute approximate surface area is 148 Å². The molecule has 0 aliphatic heterocycles. The van der Waals surface area contributed by atoms with Crippen molar-refractivity contribution in [3.05, 3.63) is 72.1 Å². The fourth-order valence-corrected chi connectivity index (χ4v) is 2.38. The van der Waals surface area contributed by atoms with E-state index in [9.17, 15) is 9.59 Å². The van der Waals surface area contributed by atoms with E-state index in [0.29, 0.717) is 6.54 Å². The predicted molar refractivity (Wildman–Crippen MR) is 99.9 cm³/mol. The van der Waals surface area contributed by atoms with Crippen LogP contribution in [0.5, 0.6) is 0 Å². The number of hydrogen-bond acceptors (Lipinski definition) is 3. The average molecular weight is 337 g/mol. The van der Waals surface area contributed by atoms with Gasteiger partial charge in [-0.15, -0.1) is 6.58 Å². The maximum atomic E-state index is 12.6. The van der Waals surface area contributed by atoms with Gasteiger partial charge in [0.15, 0.2) is 0 Å². The second kappa shape index (κ2) is 7.75. The Kier molecular flexibility index (Phi) is 5.70. The van der Waals surface area contributed by atoms with Crippen molar-refractivity contribution in [3.63, 3.8) is 0 Å². The first-order chi connectivity index (χ1) is 11.8. The number of aromatic nitrogens is 1. The fourth-order valence-electron chi connectivity index (χ4n) is 2.38. The van der Waals surface area contributed by atoms with Gasteiger partial charge in [-0.1, -0.05) is 51.1 Å². The third kappa shape index (κ3) is 4.76. The van der Waals surface area contributed by atoms with E-state index >= 15 is 0 Å². The number of pyridine rings is 1. The van der Waals surface area contributed by atoms with Crippen molar-refractivity contribution in [2.24, 2.45) is 0 Å². The van der Waals surface area contributed by atoms with Crippen LogP contribution in [-0.2, 0) is 5.41 Å². The summed E-state index contributed by atoms with van der Waals surface area (Å²) >= 11 is 0. The number of nitrogens with one attached hydrogen (secondary N) is 2. The second-order valence-corrected chi connectivity index (χ2v) is 6.66. The number of hydrogen-bond donors (Lipinski definition) is 2. The highest BCUT2D eigenvalue weighted by atomic mass is 16.2. The minimum atomic E-state index is -0.352. The summed E-state index contributed by atoms with van der Waals surface area (Å²) in [5.41, 5.74) is 2.05. The molecule has 2 rings (SSSR count). The molecule has 25 heavy (non-hydrogen) atoms. The third-order valence-corrected chi connectivity index (χ3v) is 3.60. The van der Waals surface area contributed by atoms with Gasteiger partial charge in [-0.25, -0.2) is 4.98 Å². The molecule has 2 aromatic rings. The Bertz CT molecular complexity index is 792. The molecule has 130 valence electrons. The molecule has 5 nitrogen and oxygen atoms in total. The molecule has 0 unspecified atom stereocenters. The van der Waals surface area contributed by atoms with Gasteiger partial charge in [0, 0.05) is 12.2 Å². The van der Waals surface area contributed by atoms with Gasteiger partial charge < -0.3 is 10.6 Å². The fraction of sp³-hybridized carbons (Fsp3) is 0.250. The second-order valence-electron chi connectivity index (χ2n) is 6.66. The van der Waals surface area contributed by atoms with Crippen LogP contribution in [0.25, 0.3) is 0 Å². The highest BCUT2D eigenvalue weighted by molar-refractivity contribution is 6.04. The molecule has 0 atom stereocenters.